The van der Waals surface area contributed by atoms with E-state index in [4.69, 9.17) is 18.9 Å². The quantitative estimate of drug-likeness (QED) is 0.0868. The van der Waals surface area contributed by atoms with Crippen LogP contribution < -0.4 is 9.47 Å². The molecule has 0 saturated heterocycles. The summed E-state index contributed by atoms with van der Waals surface area (Å²) in [4.78, 5) is 12.5. The highest BCUT2D eigenvalue weighted by Crippen LogP contribution is 2.29. The van der Waals surface area contributed by atoms with Crippen LogP contribution in [0, 0.1) is 0 Å². The number of benzene rings is 3. The fourth-order valence-electron chi connectivity index (χ4n) is 4.80. The summed E-state index contributed by atoms with van der Waals surface area (Å²) in [5.74, 6) is 0.581. The minimum absolute atomic E-state index is 0.0723. The number of hydrogen-bond acceptors (Lipinski definition) is 5. The zero-order chi connectivity index (χ0) is 32.3. The summed E-state index contributed by atoms with van der Waals surface area (Å²) >= 11 is 0. The molecule has 3 aromatic carbocycles. The van der Waals surface area contributed by atoms with Crippen molar-refractivity contribution in [1.82, 2.24) is 0 Å². The Balaban J connectivity index is 1.44. The fraction of sp³-hybridized carbons (Fsp3) is 0.486. The van der Waals surface area contributed by atoms with E-state index in [1.165, 1.54) is 44.2 Å². The number of rotatable bonds is 21. The number of carbonyl (C=O) groups excluding carboxylic acids is 1. The zero-order valence-electron chi connectivity index (χ0n) is 26.6. The molecule has 1 unspecified atom stereocenters. The molecule has 8 heteroatoms. The van der Waals surface area contributed by atoms with Gasteiger partial charge >= 0.3 is 12.1 Å². The summed E-state index contributed by atoms with van der Waals surface area (Å²) < 4.78 is 62.3. The highest BCUT2D eigenvalue weighted by molar-refractivity contribution is 5.90. The van der Waals surface area contributed by atoms with Gasteiger partial charge in [-0.1, -0.05) is 81.8 Å². The summed E-state index contributed by atoms with van der Waals surface area (Å²) in [5.41, 5.74) is 2.80. The van der Waals surface area contributed by atoms with Crippen molar-refractivity contribution in [3.63, 3.8) is 0 Å². The van der Waals surface area contributed by atoms with Crippen molar-refractivity contribution in [2.75, 3.05) is 19.8 Å². The van der Waals surface area contributed by atoms with Gasteiger partial charge in [0.2, 0.25) is 0 Å². The van der Waals surface area contributed by atoms with Gasteiger partial charge in [-0.3, -0.25) is 0 Å². The van der Waals surface area contributed by atoms with Crippen LogP contribution in [0.2, 0.25) is 0 Å². The van der Waals surface area contributed by atoms with Crippen LogP contribution in [0.15, 0.2) is 72.8 Å². The predicted octanol–water partition coefficient (Wildman–Crippen LogP) is 10.4. The predicted molar refractivity (Wildman–Crippen MR) is 172 cm³/mol. The third-order valence-corrected chi connectivity index (χ3v) is 7.48. The van der Waals surface area contributed by atoms with Gasteiger partial charge in [-0.05, 0) is 85.7 Å². The van der Waals surface area contributed by atoms with Gasteiger partial charge in [-0.2, -0.15) is 13.2 Å². The van der Waals surface area contributed by atoms with E-state index >= 15 is 0 Å². The zero-order valence-corrected chi connectivity index (χ0v) is 26.6. The summed E-state index contributed by atoms with van der Waals surface area (Å²) in [6, 6.07) is 21.8. The largest absolute Gasteiger partial charge is 0.494 e. The third-order valence-electron chi connectivity index (χ3n) is 7.48. The number of carbonyl (C=O) groups is 1. The second-order valence-electron chi connectivity index (χ2n) is 11.1. The molecule has 0 fully saturated rings. The normalized spacial score (nSPS) is 12.1. The topological polar surface area (TPSA) is 54.0 Å². The van der Waals surface area contributed by atoms with Gasteiger partial charge in [0, 0.05) is 13.2 Å². The monoisotopic (exact) mass is 628 g/mol. The molecule has 0 bridgehead atoms. The average molecular weight is 629 g/mol. The summed E-state index contributed by atoms with van der Waals surface area (Å²) in [6.07, 6.45) is 1.91. The smallest absolute Gasteiger partial charge is 0.425 e. The van der Waals surface area contributed by atoms with Crippen LogP contribution >= 0.6 is 0 Å². The van der Waals surface area contributed by atoms with E-state index in [1.54, 1.807) is 12.1 Å². The van der Waals surface area contributed by atoms with Crippen LogP contribution in [0.3, 0.4) is 0 Å². The maximum absolute atomic E-state index is 13.5. The maximum Gasteiger partial charge on any atom is 0.425 e. The van der Waals surface area contributed by atoms with Gasteiger partial charge in [0.15, 0.2) is 6.10 Å². The Hall–Kier alpha value is -3.52. The lowest BCUT2D eigenvalue weighted by Gasteiger charge is -2.20. The molecule has 0 aromatic heterocycles. The van der Waals surface area contributed by atoms with Gasteiger partial charge in [0.25, 0.3) is 0 Å². The molecule has 0 aliphatic carbocycles. The Bertz CT molecular complexity index is 1220. The van der Waals surface area contributed by atoms with Gasteiger partial charge in [0.1, 0.15) is 18.1 Å². The molecule has 5 nitrogen and oxygen atoms in total. The van der Waals surface area contributed by atoms with E-state index in [9.17, 15) is 18.0 Å². The van der Waals surface area contributed by atoms with Crippen LogP contribution in [0.5, 0.6) is 11.5 Å². The number of halogens is 3. The highest BCUT2D eigenvalue weighted by Gasteiger charge is 2.42. The Labute approximate surface area is 266 Å². The molecule has 0 saturated carbocycles. The first kappa shape index (κ1) is 36.0. The highest BCUT2D eigenvalue weighted by atomic mass is 19.4. The minimum atomic E-state index is -4.62. The molecule has 0 aliphatic heterocycles. The van der Waals surface area contributed by atoms with E-state index in [2.05, 4.69) is 6.92 Å². The molecular weight excluding hydrogens is 581 g/mol. The SMILES string of the molecule is CCCCCCCCOc1ccc(COc2ccc(-c3ccc(C(=O)OC(CCCCCOCC)C(F)(F)F)cc3)cc2)cc1. The number of alkyl halides is 3. The lowest BCUT2D eigenvalue weighted by Crippen LogP contribution is -2.33. The van der Waals surface area contributed by atoms with Crippen molar-refractivity contribution < 1.29 is 36.9 Å². The molecule has 3 aromatic rings. The van der Waals surface area contributed by atoms with Crippen molar-refractivity contribution in [3.05, 3.63) is 83.9 Å². The van der Waals surface area contributed by atoms with Crippen molar-refractivity contribution in [3.8, 4) is 22.6 Å². The van der Waals surface area contributed by atoms with Crippen molar-refractivity contribution in [1.29, 1.82) is 0 Å². The molecule has 0 heterocycles. The van der Waals surface area contributed by atoms with Crippen LogP contribution in [0.1, 0.15) is 94.0 Å². The molecule has 45 heavy (non-hydrogen) atoms. The molecule has 3 rings (SSSR count). The van der Waals surface area contributed by atoms with Crippen LogP contribution in [0.25, 0.3) is 11.1 Å². The molecular formula is C37H47F3O5. The third kappa shape index (κ3) is 13.6. The van der Waals surface area contributed by atoms with Crippen molar-refractivity contribution in [2.24, 2.45) is 0 Å². The van der Waals surface area contributed by atoms with Crippen molar-refractivity contribution >= 4 is 5.97 Å². The molecule has 1 atom stereocenters. The lowest BCUT2D eigenvalue weighted by molar-refractivity contribution is -0.206. The first-order valence-electron chi connectivity index (χ1n) is 16.2. The van der Waals surface area contributed by atoms with Crippen LogP contribution in [-0.2, 0) is 16.1 Å². The maximum atomic E-state index is 13.5. The average Bonchev–Trinajstić information content (AvgIpc) is 3.04. The number of unbranched alkanes of at least 4 members (excludes halogenated alkanes) is 7. The fourth-order valence-corrected chi connectivity index (χ4v) is 4.80. The van der Waals surface area contributed by atoms with E-state index in [0.717, 1.165) is 35.5 Å². The van der Waals surface area contributed by atoms with Gasteiger partial charge in [0.05, 0.1) is 12.2 Å². The summed E-state index contributed by atoms with van der Waals surface area (Å²) in [7, 11) is 0. The first-order chi connectivity index (χ1) is 21.8. The Morgan fingerprint density at radius 1 is 0.667 bits per heavy atom. The Kier molecular flexibility index (Phi) is 15.8. The van der Waals surface area contributed by atoms with Crippen LogP contribution in [0.4, 0.5) is 13.2 Å². The van der Waals surface area contributed by atoms with E-state index < -0.39 is 18.2 Å². The number of esters is 1. The number of ether oxygens (including phenoxy) is 4. The van der Waals surface area contributed by atoms with Gasteiger partial charge in [-0.15, -0.1) is 0 Å². The van der Waals surface area contributed by atoms with Crippen molar-refractivity contribution in [2.45, 2.75) is 96.9 Å². The summed E-state index contributed by atoms with van der Waals surface area (Å²) in [6.45, 7) is 6.33. The molecule has 246 valence electrons. The molecule has 0 N–H and O–H groups in total. The van der Waals surface area contributed by atoms with Gasteiger partial charge < -0.3 is 18.9 Å². The van der Waals surface area contributed by atoms with E-state index in [-0.39, 0.29) is 12.0 Å². The minimum Gasteiger partial charge on any atom is -0.494 e. The molecule has 0 aliphatic rings. The second-order valence-corrected chi connectivity index (χ2v) is 11.1. The number of hydrogen-bond donors (Lipinski definition) is 0. The molecule has 0 radical (unpaired) electrons. The molecule has 0 amide bonds. The van der Waals surface area contributed by atoms with E-state index in [1.807, 2.05) is 55.5 Å². The Morgan fingerprint density at radius 3 is 1.87 bits per heavy atom. The summed E-state index contributed by atoms with van der Waals surface area (Å²) in [5, 5.41) is 0. The first-order valence-corrected chi connectivity index (χ1v) is 16.2. The lowest BCUT2D eigenvalue weighted by atomic mass is 10.0. The Morgan fingerprint density at radius 2 is 1.22 bits per heavy atom. The van der Waals surface area contributed by atoms with Crippen LogP contribution in [-0.4, -0.2) is 38.1 Å². The second kappa shape index (κ2) is 19.8. The van der Waals surface area contributed by atoms with Gasteiger partial charge in [-0.25, -0.2) is 4.79 Å². The standard InChI is InChI=1S/C37H47F3O5/c1-3-5-6-7-8-12-27-43-33-22-14-29(15-23-33)28-44-34-24-20-31(21-25-34)30-16-18-32(19-17-30)36(41)45-35(37(38,39)40)13-10-9-11-26-42-4-2/h14-25,35H,3-13,26-28H2,1-2H3. The molecule has 0 spiro atoms. The van der Waals surface area contributed by atoms with E-state index in [0.29, 0.717) is 44.8 Å².